The fourth-order valence-electron chi connectivity index (χ4n) is 1.88. The molecule has 0 saturated carbocycles. The lowest BCUT2D eigenvalue weighted by atomic mass is 9.85. The zero-order chi connectivity index (χ0) is 15.0. The molecule has 0 aliphatic rings. The Hall–Kier alpha value is -1.95. The molecule has 6 heteroatoms. The lowest BCUT2D eigenvalue weighted by Gasteiger charge is -2.31. The fourth-order valence-corrected chi connectivity index (χ4v) is 1.88. The van der Waals surface area contributed by atoms with Crippen LogP contribution in [-0.2, 0) is 5.60 Å². The third kappa shape index (κ3) is 2.38. The molecule has 1 nitrogen and oxygen atoms in total. The van der Waals surface area contributed by atoms with Crippen molar-refractivity contribution in [1.82, 2.24) is 0 Å². The van der Waals surface area contributed by atoms with Crippen molar-refractivity contribution in [1.29, 1.82) is 0 Å². The molecule has 0 atom stereocenters. The number of halogens is 5. The van der Waals surface area contributed by atoms with Gasteiger partial charge in [0, 0.05) is 0 Å². The Balaban J connectivity index is 2.62. The van der Waals surface area contributed by atoms with Crippen LogP contribution in [0.5, 0.6) is 0 Å². The normalized spacial score (nSPS) is 12.5. The van der Waals surface area contributed by atoms with Crippen LogP contribution in [-0.4, -0.2) is 11.3 Å². The largest absolute Gasteiger partial charge is 0.425 e. The summed E-state index contributed by atoms with van der Waals surface area (Å²) in [4.78, 5) is 0. The monoisotopic (exact) mass is 288 g/mol. The molecule has 0 aromatic heterocycles. The van der Waals surface area contributed by atoms with Crippen molar-refractivity contribution in [3.8, 4) is 0 Å². The van der Waals surface area contributed by atoms with E-state index < -0.39 is 34.5 Å². The number of hydrogen-bond acceptors (Lipinski definition) is 1. The number of hydrogen-bond donors (Lipinski definition) is 1. The molecule has 106 valence electrons. The van der Waals surface area contributed by atoms with Crippen LogP contribution in [0.2, 0.25) is 0 Å². The predicted molar refractivity (Wildman–Crippen MR) is 61.9 cm³/mol. The summed E-state index contributed by atoms with van der Waals surface area (Å²) >= 11 is 0. The van der Waals surface area contributed by atoms with Crippen molar-refractivity contribution in [2.24, 2.45) is 0 Å². The van der Waals surface area contributed by atoms with E-state index in [1.54, 1.807) is 0 Å². The Labute approximate surface area is 111 Å². The zero-order valence-electron chi connectivity index (χ0n) is 9.96. The Morgan fingerprint density at radius 2 is 0.950 bits per heavy atom. The third-order valence-electron chi connectivity index (χ3n) is 2.93. The van der Waals surface area contributed by atoms with E-state index in [-0.39, 0.29) is 0 Å². The van der Waals surface area contributed by atoms with E-state index in [1.807, 2.05) is 0 Å². The first-order valence-corrected chi connectivity index (χ1v) is 5.56. The maximum atomic E-state index is 13.2. The van der Waals surface area contributed by atoms with Gasteiger partial charge in [-0.05, 0) is 35.4 Å². The van der Waals surface area contributed by atoms with Gasteiger partial charge in [0.2, 0.25) is 5.60 Å². The average molecular weight is 288 g/mol. The van der Waals surface area contributed by atoms with Crippen molar-refractivity contribution in [2.75, 3.05) is 0 Å². The van der Waals surface area contributed by atoms with Crippen LogP contribution in [0.4, 0.5) is 22.0 Å². The van der Waals surface area contributed by atoms with E-state index in [1.165, 1.54) is 0 Å². The lowest BCUT2D eigenvalue weighted by Crippen LogP contribution is -2.43. The van der Waals surface area contributed by atoms with Gasteiger partial charge in [0.15, 0.2) is 0 Å². The highest BCUT2D eigenvalue weighted by Gasteiger charge is 2.56. The second-order valence-corrected chi connectivity index (χ2v) is 4.22. The van der Waals surface area contributed by atoms with E-state index >= 15 is 0 Å². The molecule has 20 heavy (non-hydrogen) atoms. The fraction of sp³-hybridized carbons (Fsp3) is 0.143. The molecule has 2 aromatic rings. The van der Waals surface area contributed by atoms with Gasteiger partial charge in [0.1, 0.15) is 11.6 Å². The topological polar surface area (TPSA) is 20.2 Å². The molecule has 1 N–H and O–H groups in total. The van der Waals surface area contributed by atoms with Gasteiger partial charge in [-0.2, -0.15) is 13.2 Å². The van der Waals surface area contributed by atoms with Crippen molar-refractivity contribution in [2.45, 2.75) is 11.8 Å². The highest BCUT2D eigenvalue weighted by atomic mass is 19.4. The van der Waals surface area contributed by atoms with Crippen LogP contribution in [0, 0.1) is 11.6 Å². The molecule has 0 radical (unpaired) electrons. The molecule has 0 saturated heterocycles. The standard InChI is InChI=1S/C14H9F5O/c15-11-5-1-9(2-6-11)13(20,14(17,18)19)10-3-7-12(16)8-4-10/h1-8,20H. The highest BCUT2D eigenvalue weighted by molar-refractivity contribution is 5.38. The molecule has 0 heterocycles. The van der Waals surface area contributed by atoms with Crippen LogP contribution in [0.15, 0.2) is 48.5 Å². The number of aliphatic hydroxyl groups is 1. The maximum absolute atomic E-state index is 13.2. The Kier molecular flexibility index (Phi) is 3.52. The lowest BCUT2D eigenvalue weighted by molar-refractivity contribution is -0.248. The van der Waals surface area contributed by atoms with E-state index in [4.69, 9.17) is 0 Å². The Morgan fingerprint density at radius 3 is 1.20 bits per heavy atom. The molecule has 0 unspecified atom stereocenters. The molecular formula is C14H9F5O. The van der Waals surface area contributed by atoms with Crippen molar-refractivity contribution in [3.05, 3.63) is 71.3 Å². The average Bonchev–Trinajstić information content (AvgIpc) is 2.38. The summed E-state index contributed by atoms with van der Waals surface area (Å²) in [7, 11) is 0. The van der Waals surface area contributed by atoms with Gasteiger partial charge in [0.25, 0.3) is 0 Å². The Morgan fingerprint density at radius 1 is 0.650 bits per heavy atom. The minimum atomic E-state index is -5.04. The van der Waals surface area contributed by atoms with E-state index in [9.17, 15) is 27.1 Å². The molecule has 0 aliphatic carbocycles. The molecule has 0 aliphatic heterocycles. The summed E-state index contributed by atoms with van der Waals surface area (Å²) in [6, 6.07) is 6.62. The molecule has 0 fully saturated rings. The second-order valence-electron chi connectivity index (χ2n) is 4.22. The van der Waals surface area contributed by atoms with E-state index in [2.05, 4.69) is 0 Å². The summed E-state index contributed by atoms with van der Waals surface area (Å²) in [5, 5.41) is 10.1. The summed E-state index contributed by atoms with van der Waals surface area (Å²) < 4.78 is 65.3. The minimum Gasteiger partial charge on any atom is -0.372 e. The van der Waals surface area contributed by atoms with Gasteiger partial charge in [0.05, 0.1) is 0 Å². The molecule has 0 spiro atoms. The first-order valence-electron chi connectivity index (χ1n) is 5.56. The van der Waals surface area contributed by atoms with Crippen LogP contribution in [0.3, 0.4) is 0 Å². The van der Waals surface area contributed by atoms with Crippen LogP contribution in [0.1, 0.15) is 11.1 Å². The van der Waals surface area contributed by atoms with E-state index in [0.29, 0.717) is 0 Å². The van der Waals surface area contributed by atoms with Gasteiger partial charge in [-0.15, -0.1) is 0 Å². The van der Waals surface area contributed by atoms with Gasteiger partial charge in [-0.3, -0.25) is 0 Å². The van der Waals surface area contributed by atoms with Crippen LogP contribution in [0.25, 0.3) is 0 Å². The quantitative estimate of drug-likeness (QED) is 0.834. The van der Waals surface area contributed by atoms with Gasteiger partial charge in [-0.25, -0.2) is 8.78 Å². The Bertz CT molecular complexity index is 541. The van der Waals surface area contributed by atoms with Crippen LogP contribution < -0.4 is 0 Å². The maximum Gasteiger partial charge on any atom is 0.425 e. The first kappa shape index (κ1) is 14.5. The molecule has 0 amide bonds. The van der Waals surface area contributed by atoms with Gasteiger partial charge < -0.3 is 5.11 Å². The molecular weight excluding hydrogens is 279 g/mol. The highest BCUT2D eigenvalue weighted by Crippen LogP contribution is 2.44. The molecule has 2 rings (SSSR count). The summed E-state index contributed by atoms with van der Waals surface area (Å²) in [6.07, 6.45) is -5.04. The summed E-state index contributed by atoms with van der Waals surface area (Å²) in [5.74, 6) is -1.45. The van der Waals surface area contributed by atoms with E-state index in [0.717, 1.165) is 48.5 Å². The minimum absolute atomic E-state index is 0.544. The third-order valence-corrected chi connectivity index (χ3v) is 2.93. The number of benzene rings is 2. The zero-order valence-corrected chi connectivity index (χ0v) is 9.96. The van der Waals surface area contributed by atoms with Crippen molar-refractivity contribution in [3.63, 3.8) is 0 Å². The molecule has 2 aromatic carbocycles. The van der Waals surface area contributed by atoms with Gasteiger partial charge in [-0.1, -0.05) is 24.3 Å². The summed E-state index contributed by atoms with van der Waals surface area (Å²) in [6.45, 7) is 0. The predicted octanol–water partition coefficient (Wildman–Crippen LogP) is 3.76. The first-order chi connectivity index (χ1) is 9.25. The second kappa shape index (κ2) is 4.86. The molecule has 0 bridgehead atoms. The smallest absolute Gasteiger partial charge is 0.372 e. The number of rotatable bonds is 2. The van der Waals surface area contributed by atoms with Crippen molar-refractivity contribution >= 4 is 0 Å². The van der Waals surface area contributed by atoms with Crippen LogP contribution >= 0.6 is 0 Å². The number of alkyl halides is 3. The van der Waals surface area contributed by atoms with Gasteiger partial charge >= 0.3 is 6.18 Å². The SMILES string of the molecule is OC(c1ccc(F)cc1)(c1ccc(F)cc1)C(F)(F)F. The van der Waals surface area contributed by atoms with Crippen molar-refractivity contribution < 1.29 is 27.1 Å². The summed E-state index contributed by atoms with van der Waals surface area (Å²) in [5.41, 5.74) is -4.41.